The fourth-order valence-corrected chi connectivity index (χ4v) is 2.77. The number of anilines is 2. The summed E-state index contributed by atoms with van der Waals surface area (Å²) >= 11 is 0. The molecule has 20 heavy (non-hydrogen) atoms. The van der Waals surface area contributed by atoms with E-state index in [2.05, 4.69) is 54.8 Å². The van der Waals surface area contributed by atoms with Crippen molar-refractivity contribution in [2.24, 2.45) is 0 Å². The lowest BCUT2D eigenvalue weighted by Crippen LogP contribution is -2.38. The number of nitrogens with one attached hydrogen (secondary N) is 2. The van der Waals surface area contributed by atoms with Gasteiger partial charge in [-0.25, -0.2) is 0 Å². The predicted molar refractivity (Wildman–Crippen MR) is 88.1 cm³/mol. The monoisotopic (exact) mass is 288 g/mol. The Morgan fingerprint density at radius 1 is 1.00 bits per heavy atom. The number of hydrogen-bond acceptors (Lipinski definition) is 2. The molecule has 0 aromatic heterocycles. The molecule has 1 aliphatic heterocycles. The third-order valence-corrected chi connectivity index (χ3v) is 3.78. The van der Waals surface area contributed by atoms with E-state index in [1.54, 1.807) is 0 Å². The second kappa shape index (κ2) is 5.86. The molecule has 1 aliphatic rings. The molecule has 0 atom stereocenters. The molecule has 0 amide bonds. The van der Waals surface area contributed by atoms with Crippen molar-refractivity contribution in [3.8, 4) is 0 Å². The number of halogens is 1. The summed E-state index contributed by atoms with van der Waals surface area (Å²) in [6, 6.07) is 17.0. The maximum atomic E-state index is 3.49. The van der Waals surface area contributed by atoms with E-state index in [1.165, 1.54) is 11.1 Å². The van der Waals surface area contributed by atoms with E-state index in [9.17, 15) is 0 Å². The summed E-state index contributed by atoms with van der Waals surface area (Å²) in [6.07, 6.45) is 0. The predicted octanol–water partition coefficient (Wildman–Crippen LogP) is 4.23. The molecular weight excluding hydrogens is 268 g/mol. The molecule has 0 saturated carbocycles. The van der Waals surface area contributed by atoms with Gasteiger partial charge in [0, 0.05) is 29.9 Å². The summed E-state index contributed by atoms with van der Waals surface area (Å²) in [4.78, 5) is 0. The Kier molecular flexibility index (Phi) is 4.36. The quantitative estimate of drug-likeness (QED) is 0.864. The van der Waals surface area contributed by atoms with E-state index in [4.69, 9.17) is 0 Å². The van der Waals surface area contributed by atoms with E-state index >= 15 is 0 Å². The highest BCUT2D eigenvalue weighted by Gasteiger charge is 2.26. The zero-order chi connectivity index (χ0) is 13.3. The van der Waals surface area contributed by atoms with Crippen LogP contribution in [0.15, 0.2) is 48.5 Å². The number of para-hydroxylation sites is 1. The third-order valence-electron chi connectivity index (χ3n) is 3.78. The lowest BCUT2D eigenvalue weighted by molar-refractivity contribution is 0.435. The standard InChI is InChI=1S/C17H20N2.ClH/c1-17(2)12-18-11-13-10-15(8-9-16(13)17)19-14-6-4-3-5-7-14;/h3-10,18-19H,11-12H2,1-2H3;1H. The first-order chi connectivity index (χ1) is 9.15. The average Bonchev–Trinajstić information content (AvgIpc) is 2.39. The summed E-state index contributed by atoms with van der Waals surface area (Å²) in [5.74, 6) is 0. The van der Waals surface area contributed by atoms with Crippen LogP contribution >= 0.6 is 12.4 Å². The minimum absolute atomic E-state index is 0. The Morgan fingerprint density at radius 3 is 2.50 bits per heavy atom. The normalized spacial score (nSPS) is 15.9. The second-order valence-corrected chi connectivity index (χ2v) is 5.85. The van der Waals surface area contributed by atoms with Crippen molar-refractivity contribution in [2.75, 3.05) is 11.9 Å². The Bertz CT molecular complexity index is 579. The van der Waals surface area contributed by atoms with E-state index < -0.39 is 0 Å². The first-order valence-corrected chi connectivity index (χ1v) is 6.81. The average molecular weight is 289 g/mol. The first-order valence-electron chi connectivity index (χ1n) is 6.81. The smallest absolute Gasteiger partial charge is 0.0387 e. The van der Waals surface area contributed by atoms with Gasteiger partial charge in [0.15, 0.2) is 0 Å². The van der Waals surface area contributed by atoms with Crippen molar-refractivity contribution >= 4 is 23.8 Å². The first kappa shape index (κ1) is 14.9. The molecule has 0 radical (unpaired) electrons. The Morgan fingerprint density at radius 2 is 1.75 bits per heavy atom. The molecule has 2 N–H and O–H groups in total. The molecule has 1 heterocycles. The van der Waals surface area contributed by atoms with Crippen molar-refractivity contribution < 1.29 is 0 Å². The summed E-state index contributed by atoms with van der Waals surface area (Å²) in [5, 5.41) is 6.95. The summed E-state index contributed by atoms with van der Waals surface area (Å²) < 4.78 is 0. The molecule has 0 saturated heterocycles. The van der Waals surface area contributed by atoms with Crippen molar-refractivity contribution in [1.82, 2.24) is 5.32 Å². The van der Waals surface area contributed by atoms with Gasteiger partial charge < -0.3 is 10.6 Å². The molecule has 0 fully saturated rings. The molecule has 106 valence electrons. The highest BCUT2D eigenvalue weighted by atomic mass is 35.5. The van der Waals surface area contributed by atoms with E-state index in [0.29, 0.717) is 0 Å². The van der Waals surface area contributed by atoms with Gasteiger partial charge >= 0.3 is 0 Å². The van der Waals surface area contributed by atoms with Gasteiger partial charge in [-0.15, -0.1) is 12.4 Å². The number of rotatable bonds is 2. The van der Waals surface area contributed by atoms with Gasteiger partial charge in [-0.1, -0.05) is 38.1 Å². The summed E-state index contributed by atoms with van der Waals surface area (Å²) in [5.41, 5.74) is 5.37. The van der Waals surface area contributed by atoms with Gasteiger partial charge in [0.25, 0.3) is 0 Å². The maximum Gasteiger partial charge on any atom is 0.0387 e. The Hall–Kier alpha value is -1.51. The molecule has 0 spiro atoms. The van der Waals surface area contributed by atoms with Crippen LogP contribution in [0.5, 0.6) is 0 Å². The van der Waals surface area contributed by atoms with Crippen LogP contribution in [0, 0.1) is 0 Å². The molecule has 2 nitrogen and oxygen atoms in total. The summed E-state index contributed by atoms with van der Waals surface area (Å²) in [7, 11) is 0. The minimum Gasteiger partial charge on any atom is -0.356 e. The maximum absolute atomic E-state index is 3.49. The van der Waals surface area contributed by atoms with E-state index in [-0.39, 0.29) is 17.8 Å². The molecule has 3 heteroatoms. The van der Waals surface area contributed by atoms with Crippen LogP contribution in [-0.4, -0.2) is 6.54 Å². The number of fused-ring (bicyclic) bond motifs is 1. The summed E-state index contributed by atoms with van der Waals surface area (Å²) in [6.45, 7) is 6.60. The van der Waals surface area contributed by atoms with Crippen LogP contribution < -0.4 is 10.6 Å². The van der Waals surface area contributed by atoms with Crippen LogP contribution in [0.1, 0.15) is 25.0 Å². The molecular formula is C17H21ClN2. The van der Waals surface area contributed by atoms with Gasteiger partial charge in [-0.3, -0.25) is 0 Å². The topological polar surface area (TPSA) is 24.1 Å². The van der Waals surface area contributed by atoms with Crippen molar-refractivity contribution in [2.45, 2.75) is 25.8 Å². The SMILES string of the molecule is CC1(C)CNCc2cc(Nc3ccccc3)ccc21.Cl. The van der Waals surface area contributed by atoms with Crippen molar-refractivity contribution in [1.29, 1.82) is 0 Å². The van der Waals surface area contributed by atoms with Gasteiger partial charge in [0.2, 0.25) is 0 Å². The van der Waals surface area contributed by atoms with Gasteiger partial charge in [-0.2, -0.15) is 0 Å². The van der Waals surface area contributed by atoms with Crippen molar-refractivity contribution in [3.05, 3.63) is 59.7 Å². The van der Waals surface area contributed by atoms with Crippen LogP contribution in [0.25, 0.3) is 0 Å². The Labute approximate surface area is 127 Å². The number of hydrogen-bond donors (Lipinski definition) is 2. The van der Waals surface area contributed by atoms with E-state index in [0.717, 1.165) is 24.5 Å². The molecule has 0 unspecified atom stereocenters. The van der Waals surface area contributed by atoms with Gasteiger partial charge in [0.05, 0.1) is 0 Å². The van der Waals surface area contributed by atoms with Crippen LogP contribution in [0.4, 0.5) is 11.4 Å². The van der Waals surface area contributed by atoms with E-state index in [1.807, 2.05) is 18.2 Å². The second-order valence-electron chi connectivity index (χ2n) is 5.85. The number of benzene rings is 2. The lowest BCUT2D eigenvalue weighted by atomic mass is 9.79. The molecule has 2 aromatic rings. The van der Waals surface area contributed by atoms with Crippen LogP contribution in [0.2, 0.25) is 0 Å². The molecule has 3 rings (SSSR count). The Balaban J connectivity index is 0.00000147. The fraction of sp³-hybridized carbons (Fsp3) is 0.294. The molecule has 2 aromatic carbocycles. The molecule has 0 aliphatic carbocycles. The van der Waals surface area contributed by atoms with Gasteiger partial charge in [0.1, 0.15) is 0 Å². The largest absolute Gasteiger partial charge is 0.356 e. The lowest BCUT2D eigenvalue weighted by Gasteiger charge is -2.33. The third kappa shape index (κ3) is 2.97. The van der Waals surface area contributed by atoms with Crippen LogP contribution in [0.3, 0.4) is 0 Å². The van der Waals surface area contributed by atoms with Crippen molar-refractivity contribution in [3.63, 3.8) is 0 Å². The zero-order valence-electron chi connectivity index (χ0n) is 11.9. The van der Waals surface area contributed by atoms with Crippen LogP contribution in [-0.2, 0) is 12.0 Å². The van der Waals surface area contributed by atoms with Gasteiger partial charge in [-0.05, 0) is 35.4 Å². The fourth-order valence-electron chi connectivity index (χ4n) is 2.77. The zero-order valence-corrected chi connectivity index (χ0v) is 12.8. The highest BCUT2D eigenvalue weighted by Crippen LogP contribution is 2.31. The highest BCUT2D eigenvalue weighted by molar-refractivity contribution is 5.85. The molecule has 0 bridgehead atoms. The minimum atomic E-state index is 0.